The molecule has 0 aliphatic rings. The normalized spacial score (nSPS) is 14.0. The van der Waals surface area contributed by atoms with Gasteiger partial charge in [0.2, 0.25) is 0 Å². The summed E-state index contributed by atoms with van der Waals surface area (Å²) in [5.41, 5.74) is -0.164. The molecule has 3 nitrogen and oxygen atoms in total. The van der Waals surface area contributed by atoms with E-state index in [9.17, 15) is 13.2 Å². The Hall–Kier alpha value is -1.27. The smallest absolute Gasteiger partial charge is 0.405 e. The van der Waals surface area contributed by atoms with E-state index in [0.29, 0.717) is 18.4 Å². The molecule has 1 N–H and O–H groups in total. The second-order valence-electron chi connectivity index (χ2n) is 4.78. The highest BCUT2D eigenvalue weighted by atomic mass is 19.4. The van der Waals surface area contributed by atoms with E-state index in [2.05, 4.69) is 10.1 Å². The summed E-state index contributed by atoms with van der Waals surface area (Å²) in [6.07, 6.45) is -3.40. The van der Waals surface area contributed by atoms with Gasteiger partial charge in [0.05, 0.1) is 11.6 Å². The molecule has 0 bridgehead atoms. The van der Waals surface area contributed by atoms with Crippen molar-refractivity contribution in [2.75, 3.05) is 14.2 Å². The quantitative estimate of drug-likeness (QED) is 0.824. The average molecular weight is 305 g/mol. The minimum Gasteiger partial charge on any atom is -0.405 e. The van der Waals surface area contributed by atoms with Gasteiger partial charge in [0.25, 0.3) is 0 Å². The Morgan fingerprint density at radius 3 is 2.14 bits per heavy atom. The number of halogens is 3. The number of methoxy groups -OCH3 is 1. The van der Waals surface area contributed by atoms with E-state index in [1.165, 1.54) is 12.1 Å². The fraction of sp³-hybridized carbons (Fsp3) is 0.600. The zero-order chi connectivity index (χ0) is 16.1. The molecule has 0 saturated carbocycles. The van der Waals surface area contributed by atoms with Crippen molar-refractivity contribution in [1.29, 1.82) is 0 Å². The molecule has 0 saturated heterocycles. The van der Waals surface area contributed by atoms with Gasteiger partial charge in [-0.25, -0.2) is 0 Å². The van der Waals surface area contributed by atoms with Gasteiger partial charge in [-0.2, -0.15) is 0 Å². The first-order chi connectivity index (χ1) is 9.83. The summed E-state index contributed by atoms with van der Waals surface area (Å²) < 4.78 is 47.4. The fourth-order valence-electron chi connectivity index (χ4n) is 2.70. The van der Waals surface area contributed by atoms with Crippen molar-refractivity contribution >= 4 is 0 Å². The molecule has 0 heterocycles. The summed E-state index contributed by atoms with van der Waals surface area (Å²) in [4.78, 5) is 0. The number of hydrogen-bond donors (Lipinski definition) is 1. The summed E-state index contributed by atoms with van der Waals surface area (Å²) in [6, 6.07) is 5.74. The lowest BCUT2D eigenvalue weighted by Gasteiger charge is -2.39. The molecule has 1 aromatic carbocycles. The first kappa shape index (κ1) is 17.8. The van der Waals surface area contributed by atoms with Crippen LogP contribution in [0, 0.1) is 0 Å². The molecule has 0 amide bonds. The van der Waals surface area contributed by atoms with Crippen LogP contribution in [0.5, 0.6) is 5.75 Å². The van der Waals surface area contributed by atoms with Gasteiger partial charge in [-0.05, 0) is 26.0 Å². The van der Waals surface area contributed by atoms with Crippen LogP contribution in [0.1, 0.15) is 38.3 Å². The van der Waals surface area contributed by atoms with Gasteiger partial charge >= 0.3 is 6.36 Å². The Labute approximate surface area is 123 Å². The van der Waals surface area contributed by atoms with Crippen LogP contribution >= 0.6 is 0 Å². The number of benzene rings is 1. The van der Waals surface area contributed by atoms with E-state index in [4.69, 9.17) is 4.74 Å². The Balaban J connectivity index is 3.28. The summed E-state index contributed by atoms with van der Waals surface area (Å²) in [6.45, 7) is 3.90. The summed E-state index contributed by atoms with van der Waals surface area (Å²) in [5.74, 6) is -0.201. The molecule has 1 aromatic rings. The largest absolute Gasteiger partial charge is 0.573 e. The van der Waals surface area contributed by atoms with Crippen LogP contribution in [0.3, 0.4) is 0 Å². The van der Waals surface area contributed by atoms with E-state index >= 15 is 0 Å². The Kier molecular flexibility index (Phi) is 6.04. The molecule has 0 aliphatic heterocycles. The lowest BCUT2D eigenvalue weighted by molar-refractivity contribution is -0.275. The van der Waals surface area contributed by atoms with Gasteiger partial charge < -0.3 is 14.8 Å². The molecule has 0 aliphatic carbocycles. The summed E-state index contributed by atoms with van der Waals surface area (Å²) in [7, 11) is 3.28. The van der Waals surface area contributed by atoms with Gasteiger partial charge in [0, 0.05) is 12.7 Å². The fourth-order valence-corrected chi connectivity index (χ4v) is 2.70. The molecule has 6 heteroatoms. The Morgan fingerprint density at radius 2 is 1.71 bits per heavy atom. The maximum atomic E-state index is 12.6. The van der Waals surface area contributed by atoms with Crippen LogP contribution in [0.4, 0.5) is 13.2 Å². The van der Waals surface area contributed by atoms with Crippen LogP contribution < -0.4 is 10.1 Å². The summed E-state index contributed by atoms with van der Waals surface area (Å²) >= 11 is 0. The molecule has 21 heavy (non-hydrogen) atoms. The van der Waals surface area contributed by atoms with Crippen LogP contribution in [-0.2, 0) is 4.74 Å². The lowest BCUT2D eigenvalue weighted by atomic mass is 9.83. The Bertz CT molecular complexity index is 437. The number of likely N-dealkylation sites (N-methyl/N-ethyl adjacent to an activating group) is 1. The van der Waals surface area contributed by atoms with Gasteiger partial charge in [-0.15, -0.1) is 13.2 Å². The van der Waals surface area contributed by atoms with Crippen LogP contribution in [0.25, 0.3) is 0 Å². The predicted molar refractivity (Wildman–Crippen MR) is 75.2 cm³/mol. The average Bonchev–Trinajstić information content (AvgIpc) is 2.44. The maximum absolute atomic E-state index is 12.6. The molecule has 120 valence electrons. The number of nitrogens with one attached hydrogen (secondary N) is 1. The Morgan fingerprint density at radius 1 is 1.14 bits per heavy atom. The molecular formula is C15H22F3NO2. The van der Waals surface area contributed by atoms with Gasteiger partial charge in [0.1, 0.15) is 5.75 Å². The van der Waals surface area contributed by atoms with Crippen molar-refractivity contribution in [2.24, 2.45) is 0 Å². The third-order valence-corrected chi connectivity index (χ3v) is 3.87. The number of alkyl halides is 3. The van der Waals surface area contributed by atoms with E-state index < -0.39 is 18.0 Å². The van der Waals surface area contributed by atoms with Gasteiger partial charge in [0.15, 0.2) is 0 Å². The molecule has 0 fully saturated rings. The summed E-state index contributed by atoms with van der Waals surface area (Å²) in [5, 5.41) is 3.07. The van der Waals surface area contributed by atoms with Crippen molar-refractivity contribution in [3.05, 3.63) is 29.8 Å². The van der Waals surface area contributed by atoms with Crippen molar-refractivity contribution in [1.82, 2.24) is 5.32 Å². The minimum atomic E-state index is -4.72. The zero-order valence-electron chi connectivity index (χ0n) is 12.8. The minimum absolute atomic E-state index is 0.201. The first-order valence-corrected chi connectivity index (χ1v) is 6.90. The first-order valence-electron chi connectivity index (χ1n) is 6.90. The SMILES string of the molecule is CCC(CC)(OC)C(NC)c1ccccc1OC(F)(F)F. The van der Waals surface area contributed by atoms with Gasteiger partial charge in [-0.3, -0.25) is 0 Å². The predicted octanol–water partition coefficient (Wildman–Crippen LogP) is 4.05. The molecule has 1 atom stereocenters. The van der Waals surface area contributed by atoms with Crippen molar-refractivity contribution in [3.63, 3.8) is 0 Å². The highest BCUT2D eigenvalue weighted by Crippen LogP contribution is 2.39. The highest BCUT2D eigenvalue weighted by molar-refractivity contribution is 5.38. The second kappa shape index (κ2) is 7.13. The zero-order valence-corrected chi connectivity index (χ0v) is 12.8. The van der Waals surface area contributed by atoms with Crippen LogP contribution in [-0.4, -0.2) is 26.1 Å². The molecule has 1 unspecified atom stereocenters. The maximum Gasteiger partial charge on any atom is 0.573 e. The molecule has 1 rings (SSSR count). The number of rotatable bonds is 7. The number of para-hydroxylation sites is 1. The lowest BCUT2D eigenvalue weighted by Crippen LogP contribution is -2.44. The number of ether oxygens (including phenoxy) is 2. The van der Waals surface area contributed by atoms with Gasteiger partial charge in [-0.1, -0.05) is 32.0 Å². The molecular weight excluding hydrogens is 283 g/mol. The van der Waals surface area contributed by atoms with E-state index in [1.54, 1.807) is 26.3 Å². The molecule has 0 spiro atoms. The monoisotopic (exact) mass is 305 g/mol. The topological polar surface area (TPSA) is 30.5 Å². The third-order valence-electron chi connectivity index (χ3n) is 3.87. The standard InChI is InChI=1S/C15H22F3NO2/c1-5-14(6-2,20-4)13(19-3)11-9-7-8-10-12(11)21-15(16,17)18/h7-10,13,19H,5-6H2,1-4H3. The van der Waals surface area contributed by atoms with E-state index in [-0.39, 0.29) is 5.75 Å². The highest BCUT2D eigenvalue weighted by Gasteiger charge is 2.39. The number of hydrogen-bond acceptors (Lipinski definition) is 3. The molecule has 0 radical (unpaired) electrons. The van der Waals surface area contributed by atoms with Crippen molar-refractivity contribution in [3.8, 4) is 5.75 Å². The second-order valence-corrected chi connectivity index (χ2v) is 4.78. The van der Waals surface area contributed by atoms with Crippen LogP contribution in [0.2, 0.25) is 0 Å². The van der Waals surface area contributed by atoms with Crippen molar-refractivity contribution in [2.45, 2.75) is 44.7 Å². The third kappa shape index (κ3) is 4.11. The van der Waals surface area contributed by atoms with E-state index in [1.807, 2.05) is 13.8 Å². The molecule has 0 aromatic heterocycles. The van der Waals surface area contributed by atoms with Crippen molar-refractivity contribution < 1.29 is 22.6 Å². The van der Waals surface area contributed by atoms with E-state index in [0.717, 1.165) is 0 Å². The van der Waals surface area contributed by atoms with Crippen LogP contribution in [0.15, 0.2) is 24.3 Å².